The van der Waals surface area contributed by atoms with E-state index >= 15 is 0 Å². The number of benzene rings is 1. The van der Waals surface area contributed by atoms with Crippen molar-refractivity contribution in [2.24, 2.45) is 11.8 Å². The lowest BCUT2D eigenvalue weighted by Crippen LogP contribution is -2.31. The van der Waals surface area contributed by atoms with E-state index in [2.05, 4.69) is 10.2 Å². The molecule has 7 heteroatoms. The molecule has 124 valence electrons. The molecule has 0 unspecified atom stereocenters. The summed E-state index contributed by atoms with van der Waals surface area (Å²) in [4.78, 5) is 2.48. The highest BCUT2D eigenvalue weighted by atomic mass is 35.5. The van der Waals surface area contributed by atoms with Crippen molar-refractivity contribution in [3.05, 3.63) is 29.8 Å². The first-order chi connectivity index (χ1) is 9.96. The third-order valence-electron chi connectivity index (χ3n) is 4.42. The molecule has 2 heterocycles. The van der Waals surface area contributed by atoms with Crippen LogP contribution < -0.4 is 5.32 Å². The zero-order chi connectivity index (χ0) is 15.0. The van der Waals surface area contributed by atoms with Gasteiger partial charge in [-0.2, -0.15) is 4.31 Å². The average Bonchev–Trinajstić information content (AvgIpc) is 2.99. The standard InChI is InChI=1S/C15H23N3O2S.ClH/c1-17(2)9-12-3-5-15(6-4-12)21(19,20)18-10-13-7-16-8-14(13)11-18;/h3-6,13-14,16H,7-11H2,1-2H3;1H/t13-,14+;. The van der Waals surface area contributed by atoms with E-state index in [1.54, 1.807) is 16.4 Å². The fourth-order valence-corrected chi connectivity index (χ4v) is 4.84. The average molecular weight is 346 g/mol. The Morgan fingerprint density at radius 3 is 2.18 bits per heavy atom. The smallest absolute Gasteiger partial charge is 0.243 e. The maximum Gasteiger partial charge on any atom is 0.243 e. The van der Waals surface area contributed by atoms with E-state index < -0.39 is 10.0 Å². The predicted octanol–water partition coefficient (Wildman–Crippen LogP) is 1.01. The zero-order valence-corrected chi connectivity index (χ0v) is 14.7. The van der Waals surface area contributed by atoms with E-state index in [9.17, 15) is 8.42 Å². The Labute approximate surface area is 139 Å². The fraction of sp³-hybridized carbons (Fsp3) is 0.600. The van der Waals surface area contributed by atoms with Crippen molar-refractivity contribution in [2.75, 3.05) is 40.3 Å². The predicted molar refractivity (Wildman–Crippen MR) is 89.7 cm³/mol. The van der Waals surface area contributed by atoms with Crippen LogP contribution >= 0.6 is 12.4 Å². The molecular weight excluding hydrogens is 322 g/mol. The molecule has 0 aliphatic carbocycles. The van der Waals surface area contributed by atoms with E-state index in [1.165, 1.54) is 0 Å². The second-order valence-corrected chi connectivity index (χ2v) is 8.32. The molecule has 2 fully saturated rings. The second kappa shape index (κ2) is 6.84. The summed E-state index contributed by atoms with van der Waals surface area (Å²) in [7, 11) is 0.669. The molecule has 0 aromatic heterocycles. The highest BCUT2D eigenvalue weighted by Gasteiger charge is 2.41. The molecule has 3 rings (SSSR count). The normalized spacial score (nSPS) is 25.2. The Balaban J connectivity index is 0.00000176. The number of hydrogen-bond donors (Lipinski definition) is 1. The molecule has 0 bridgehead atoms. The number of nitrogens with one attached hydrogen (secondary N) is 1. The highest BCUT2D eigenvalue weighted by Crippen LogP contribution is 2.30. The van der Waals surface area contributed by atoms with E-state index in [4.69, 9.17) is 0 Å². The summed E-state index contributed by atoms with van der Waals surface area (Å²) >= 11 is 0. The van der Waals surface area contributed by atoms with Gasteiger partial charge in [-0.25, -0.2) is 8.42 Å². The van der Waals surface area contributed by atoms with Crippen LogP contribution in [0.1, 0.15) is 5.56 Å². The second-order valence-electron chi connectivity index (χ2n) is 6.38. The Kier molecular flexibility index (Phi) is 5.50. The van der Waals surface area contributed by atoms with Crippen molar-refractivity contribution in [1.29, 1.82) is 0 Å². The van der Waals surface area contributed by atoms with Crippen LogP contribution in [0.15, 0.2) is 29.2 Å². The molecule has 5 nitrogen and oxygen atoms in total. The Hall–Kier alpha value is -0.660. The molecular formula is C15H24ClN3O2S. The summed E-state index contributed by atoms with van der Waals surface area (Å²) < 4.78 is 27.0. The van der Waals surface area contributed by atoms with Crippen LogP contribution in [0.4, 0.5) is 0 Å². The molecule has 1 N–H and O–H groups in total. The largest absolute Gasteiger partial charge is 0.316 e. The number of fused-ring (bicyclic) bond motifs is 1. The van der Waals surface area contributed by atoms with Gasteiger partial charge in [-0.1, -0.05) is 12.1 Å². The minimum Gasteiger partial charge on any atom is -0.316 e. The van der Waals surface area contributed by atoms with Crippen LogP contribution in [0.5, 0.6) is 0 Å². The topological polar surface area (TPSA) is 52.7 Å². The van der Waals surface area contributed by atoms with Gasteiger partial charge in [0.05, 0.1) is 4.90 Å². The summed E-state index contributed by atoms with van der Waals surface area (Å²) in [6.07, 6.45) is 0. The summed E-state index contributed by atoms with van der Waals surface area (Å²) in [5, 5.41) is 3.34. The van der Waals surface area contributed by atoms with E-state index in [1.807, 2.05) is 26.2 Å². The Bertz CT molecular complexity index is 592. The van der Waals surface area contributed by atoms with Gasteiger partial charge < -0.3 is 10.2 Å². The minimum atomic E-state index is -3.33. The number of nitrogens with zero attached hydrogens (tertiary/aromatic N) is 2. The van der Waals surface area contributed by atoms with Crippen molar-refractivity contribution in [3.63, 3.8) is 0 Å². The molecule has 0 radical (unpaired) electrons. The zero-order valence-electron chi connectivity index (χ0n) is 13.0. The third kappa shape index (κ3) is 3.46. The Morgan fingerprint density at radius 2 is 1.68 bits per heavy atom. The maximum atomic E-state index is 12.7. The first-order valence-corrected chi connectivity index (χ1v) is 8.85. The molecule has 0 saturated carbocycles. The number of hydrogen-bond acceptors (Lipinski definition) is 4. The van der Waals surface area contributed by atoms with Gasteiger partial charge in [-0.05, 0) is 56.7 Å². The molecule has 2 saturated heterocycles. The molecule has 1 aromatic rings. The van der Waals surface area contributed by atoms with Crippen molar-refractivity contribution in [3.8, 4) is 0 Å². The van der Waals surface area contributed by atoms with Gasteiger partial charge in [0.2, 0.25) is 10.0 Å². The van der Waals surface area contributed by atoms with Crippen molar-refractivity contribution >= 4 is 22.4 Å². The maximum absolute atomic E-state index is 12.7. The van der Waals surface area contributed by atoms with Crippen LogP contribution in [-0.4, -0.2) is 57.9 Å². The quantitative estimate of drug-likeness (QED) is 0.885. The lowest BCUT2D eigenvalue weighted by Gasteiger charge is -2.18. The van der Waals surface area contributed by atoms with Crippen molar-refractivity contribution in [2.45, 2.75) is 11.4 Å². The molecule has 22 heavy (non-hydrogen) atoms. The third-order valence-corrected chi connectivity index (χ3v) is 6.26. The highest BCUT2D eigenvalue weighted by molar-refractivity contribution is 7.89. The summed E-state index contributed by atoms with van der Waals surface area (Å²) in [5.41, 5.74) is 1.13. The van der Waals surface area contributed by atoms with E-state index in [0.29, 0.717) is 29.8 Å². The van der Waals surface area contributed by atoms with Gasteiger partial charge in [-0.3, -0.25) is 0 Å². The van der Waals surface area contributed by atoms with Crippen LogP contribution in [0.2, 0.25) is 0 Å². The lowest BCUT2D eigenvalue weighted by molar-refractivity contribution is 0.402. The van der Waals surface area contributed by atoms with E-state index in [-0.39, 0.29) is 12.4 Å². The lowest BCUT2D eigenvalue weighted by atomic mass is 10.0. The van der Waals surface area contributed by atoms with Gasteiger partial charge in [0.25, 0.3) is 0 Å². The molecule has 0 spiro atoms. The van der Waals surface area contributed by atoms with E-state index in [0.717, 1.165) is 25.2 Å². The summed E-state index contributed by atoms with van der Waals surface area (Å²) in [6.45, 7) is 4.01. The van der Waals surface area contributed by atoms with Crippen molar-refractivity contribution in [1.82, 2.24) is 14.5 Å². The molecule has 2 aliphatic heterocycles. The molecule has 1 aromatic carbocycles. The minimum absolute atomic E-state index is 0. The molecule has 2 atom stereocenters. The summed E-state index contributed by atoms with van der Waals surface area (Å²) in [5.74, 6) is 0.959. The van der Waals surface area contributed by atoms with Gasteiger partial charge in [0.15, 0.2) is 0 Å². The first-order valence-electron chi connectivity index (χ1n) is 7.41. The van der Waals surface area contributed by atoms with Gasteiger partial charge in [-0.15, -0.1) is 12.4 Å². The van der Waals surface area contributed by atoms with Crippen LogP contribution in [0, 0.1) is 11.8 Å². The van der Waals surface area contributed by atoms with Crippen LogP contribution in [-0.2, 0) is 16.6 Å². The SMILES string of the molecule is CN(C)Cc1ccc(S(=O)(=O)N2C[C@H]3CNC[C@H]3C2)cc1.Cl. The summed E-state index contributed by atoms with van der Waals surface area (Å²) in [6, 6.07) is 7.29. The monoisotopic (exact) mass is 345 g/mol. The van der Waals surface area contributed by atoms with Crippen molar-refractivity contribution < 1.29 is 8.42 Å². The molecule has 0 amide bonds. The van der Waals surface area contributed by atoms with Gasteiger partial charge in [0.1, 0.15) is 0 Å². The number of sulfonamides is 1. The first kappa shape index (κ1) is 17.7. The van der Waals surface area contributed by atoms with Crippen LogP contribution in [0.25, 0.3) is 0 Å². The van der Waals surface area contributed by atoms with Gasteiger partial charge >= 0.3 is 0 Å². The molecule has 2 aliphatic rings. The fourth-order valence-electron chi connectivity index (χ4n) is 3.29. The van der Waals surface area contributed by atoms with Gasteiger partial charge in [0, 0.05) is 19.6 Å². The Morgan fingerprint density at radius 1 is 1.14 bits per heavy atom. The van der Waals surface area contributed by atoms with Crippen LogP contribution in [0.3, 0.4) is 0 Å². The number of halogens is 1. The number of rotatable bonds is 4.